The third kappa shape index (κ3) is 2.63. The van der Waals surface area contributed by atoms with Crippen LogP contribution in [0.2, 0.25) is 0 Å². The predicted molar refractivity (Wildman–Crippen MR) is 59.0 cm³/mol. The van der Waals surface area contributed by atoms with E-state index in [1.807, 2.05) is 0 Å². The van der Waals surface area contributed by atoms with Crippen molar-refractivity contribution >= 4 is 11.7 Å². The lowest BCUT2D eigenvalue weighted by Gasteiger charge is -2.23. The Kier molecular flexibility index (Phi) is 3.74. The second-order valence-electron chi connectivity index (χ2n) is 4.49. The number of amides is 1. The molecule has 4 N–H and O–H groups in total. The molecule has 1 amide bonds. The third-order valence-corrected chi connectivity index (χ3v) is 2.94. The number of nitrogens with zero attached hydrogens (tertiary/aromatic N) is 2. The van der Waals surface area contributed by atoms with Crippen LogP contribution in [0.1, 0.15) is 26.7 Å². The van der Waals surface area contributed by atoms with Crippen molar-refractivity contribution < 1.29 is 15.1 Å². The standard InChI is InChI=1S/C10H19N3O3/c1-3-7(8(11)12-16)9(14)13-5-4-10(2,15)6-13/h7,15-16H,3-6H2,1-2H3,(H2,11,12). The van der Waals surface area contributed by atoms with Crippen LogP contribution in [0.3, 0.4) is 0 Å². The van der Waals surface area contributed by atoms with E-state index in [-0.39, 0.29) is 11.7 Å². The normalized spacial score (nSPS) is 28.2. The summed E-state index contributed by atoms with van der Waals surface area (Å²) in [4.78, 5) is 13.6. The maximum Gasteiger partial charge on any atom is 0.233 e. The predicted octanol–water partition coefficient (Wildman–Crippen LogP) is -0.258. The molecule has 1 rings (SSSR count). The Balaban J connectivity index is 2.71. The van der Waals surface area contributed by atoms with Gasteiger partial charge in [0.05, 0.1) is 11.5 Å². The van der Waals surface area contributed by atoms with Gasteiger partial charge in [0.25, 0.3) is 0 Å². The van der Waals surface area contributed by atoms with Crippen LogP contribution in [-0.4, -0.2) is 45.6 Å². The lowest BCUT2D eigenvalue weighted by atomic mass is 10.0. The number of likely N-dealkylation sites (tertiary alicyclic amines) is 1. The maximum atomic E-state index is 12.0. The first-order valence-corrected chi connectivity index (χ1v) is 5.40. The number of carbonyl (C=O) groups excluding carboxylic acids is 1. The number of hydrogen-bond donors (Lipinski definition) is 3. The highest BCUT2D eigenvalue weighted by molar-refractivity contribution is 6.02. The molecule has 0 saturated carbocycles. The van der Waals surface area contributed by atoms with Crippen molar-refractivity contribution in [2.24, 2.45) is 16.8 Å². The molecular weight excluding hydrogens is 210 g/mol. The molecule has 1 saturated heterocycles. The molecule has 0 aromatic heterocycles. The summed E-state index contributed by atoms with van der Waals surface area (Å²) in [6.07, 6.45) is 1.04. The average molecular weight is 229 g/mol. The highest BCUT2D eigenvalue weighted by atomic mass is 16.4. The van der Waals surface area contributed by atoms with E-state index in [1.165, 1.54) is 0 Å². The van der Waals surface area contributed by atoms with Crippen LogP contribution in [0, 0.1) is 5.92 Å². The first kappa shape index (κ1) is 12.8. The van der Waals surface area contributed by atoms with E-state index in [2.05, 4.69) is 5.16 Å². The SMILES string of the molecule is CCC(C(=O)N1CCC(C)(O)C1)C(N)=NO. The average Bonchev–Trinajstić information content (AvgIpc) is 2.59. The highest BCUT2D eigenvalue weighted by Crippen LogP contribution is 2.22. The van der Waals surface area contributed by atoms with Crippen LogP contribution in [0.15, 0.2) is 5.16 Å². The van der Waals surface area contributed by atoms with Crippen LogP contribution in [0.25, 0.3) is 0 Å². The van der Waals surface area contributed by atoms with Crippen LogP contribution in [-0.2, 0) is 4.79 Å². The maximum absolute atomic E-state index is 12.0. The van der Waals surface area contributed by atoms with Crippen molar-refractivity contribution in [2.45, 2.75) is 32.3 Å². The molecule has 0 aromatic rings. The summed E-state index contributed by atoms with van der Waals surface area (Å²) in [5.74, 6) is -0.853. The van der Waals surface area contributed by atoms with Gasteiger partial charge in [0, 0.05) is 13.1 Å². The quantitative estimate of drug-likeness (QED) is 0.269. The molecule has 2 unspecified atom stereocenters. The van der Waals surface area contributed by atoms with Gasteiger partial charge in [-0.15, -0.1) is 0 Å². The van der Waals surface area contributed by atoms with Crippen LogP contribution in [0.4, 0.5) is 0 Å². The lowest BCUT2D eigenvalue weighted by molar-refractivity contribution is -0.133. The molecule has 6 nitrogen and oxygen atoms in total. The summed E-state index contributed by atoms with van der Waals surface area (Å²) in [6.45, 7) is 4.32. The fraction of sp³-hybridized carbons (Fsp3) is 0.800. The van der Waals surface area contributed by atoms with Gasteiger partial charge >= 0.3 is 0 Å². The minimum atomic E-state index is -0.820. The summed E-state index contributed by atoms with van der Waals surface area (Å²) < 4.78 is 0. The first-order valence-electron chi connectivity index (χ1n) is 5.40. The monoisotopic (exact) mass is 229 g/mol. The molecule has 1 aliphatic rings. The number of aliphatic hydroxyl groups is 1. The smallest absolute Gasteiger partial charge is 0.233 e. The zero-order chi connectivity index (χ0) is 12.3. The first-order chi connectivity index (χ1) is 7.41. The Bertz CT molecular complexity index is 302. The molecular formula is C10H19N3O3. The molecule has 0 aliphatic carbocycles. The Labute approximate surface area is 94.7 Å². The Morgan fingerprint density at radius 1 is 1.69 bits per heavy atom. The number of amidine groups is 1. The van der Waals surface area contributed by atoms with Crippen molar-refractivity contribution in [3.05, 3.63) is 0 Å². The molecule has 0 radical (unpaired) electrons. The van der Waals surface area contributed by atoms with E-state index in [0.29, 0.717) is 25.9 Å². The van der Waals surface area contributed by atoms with Crippen molar-refractivity contribution in [1.29, 1.82) is 0 Å². The summed E-state index contributed by atoms with van der Waals surface area (Å²) in [6, 6.07) is 0. The van der Waals surface area contributed by atoms with Gasteiger partial charge in [0.15, 0.2) is 5.84 Å². The summed E-state index contributed by atoms with van der Waals surface area (Å²) >= 11 is 0. The van der Waals surface area contributed by atoms with Crippen molar-refractivity contribution in [3.63, 3.8) is 0 Å². The van der Waals surface area contributed by atoms with E-state index in [0.717, 1.165) is 0 Å². The second kappa shape index (κ2) is 4.69. The molecule has 0 aromatic carbocycles. The van der Waals surface area contributed by atoms with Crippen LogP contribution >= 0.6 is 0 Å². The largest absolute Gasteiger partial charge is 0.409 e. The molecule has 1 aliphatic heterocycles. The van der Waals surface area contributed by atoms with Gasteiger partial charge in [-0.3, -0.25) is 4.79 Å². The summed E-state index contributed by atoms with van der Waals surface area (Å²) in [5, 5.41) is 21.2. The molecule has 0 bridgehead atoms. The highest BCUT2D eigenvalue weighted by Gasteiger charge is 2.37. The zero-order valence-electron chi connectivity index (χ0n) is 9.68. The van der Waals surface area contributed by atoms with Gasteiger partial charge in [0.1, 0.15) is 0 Å². The van der Waals surface area contributed by atoms with E-state index < -0.39 is 11.5 Å². The van der Waals surface area contributed by atoms with E-state index >= 15 is 0 Å². The van der Waals surface area contributed by atoms with E-state index in [1.54, 1.807) is 18.7 Å². The van der Waals surface area contributed by atoms with Crippen molar-refractivity contribution in [3.8, 4) is 0 Å². The minimum Gasteiger partial charge on any atom is -0.409 e. The van der Waals surface area contributed by atoms with Crippen LogP contribution in [0.5, 0.6) is 0 Å². The fourth-order valence-electron chi connectivity index (χ4n) is 1.93. The molecule has 16 heavy (non-hydrogen) atoms. The number of rotatable bonds is 3. The number of carbonyl (C=O) groups is 1. The number of β-amino-alcohol motifs (C(OH)–C–C–N with tert-alkyl or cyclic N) is 1. The molecule has 1 heterocycles. The summed E-state index contributed by atoms with van der Waals surface area (Å²) in [7, 11) is 0. The summed E-state index contributed by atoms with van der Waals surface area (Å²) in [5.41, 5.74) is 4.63. The van der Waals surface area contributed by atoms with E-state index in [4.69, 9.17) is 10.9 Å². The van der Waals surface area contributed by atoms with Gasteiger partial charge in [-0.2, -0.15) is 0 Å². The van der Waals surface area contributed by atoms with Crippen molar-refractivity contribution in [2.75, 3.05) is 13.1 Å². The van der Waals surface area contributed by atoms with E-state index in [9.17, 15) is 9.90 Å². The van der Waals surface area contributed by atoms with Crippen LogP contribution < -0.4 is 5.73 Å². The lowest BCUT2D eigenvalue weighted by Crippen LogP contribution is -2.42. The zero-order valence-corrected chi connectivity index (χ0v) is 9.68. The molecule has 6 heteroatoms. The van der Waals surface area contributed by atoms with Gasteiger partial charge < -0.3 is 20.9 Å². The second-order valence-corrected chi connectivity index (χ2v) is 4.49. The van der Waals surface area contributed by atoms with Gasteiger partial charge in [-0.25, -0.2) is 0 Å². The van der Waals surface area contributed by atoms with Gasteiger partial charge in [0.2, 0.25) is 5.91 Å². The minimum absolute atomic E-state index is 0.0703. The van der Waals surface area contributed by atoms with Gasteiger partial charge in [-0.05, 0) is 19.8 Å². The molecule has 0 spiro atoms. The molecule has 2 atom stereocenters. The molecule has 1 fully saturated rings. The fourth-order valence-corrected chi connectivity index (χ4v) is 1.93. The van der Waals surface area contributed by atoms with Crippen molar-refractivity contribution in [1.82, 2.24) is 4.90 Å². The molecule has 92 valence electrons. The van der Waals surface area contributed by atoms with Gasteiger partial charge in [-0.1, -0.05) is 12.1 Å². The third-order valence-electron chi connectivity index (χ3n) is 2.94. The Morgan fingerprint density at radius 3 is 2.69 bits per heavy atom. The topological polar surface area (TPSA) is 99.2 Å². The number of oxime groups is 1. The Hall–Kier alpha value is -1.30. The Morgan fingerprint density at radius 2 is 2.31 bits per heavy atom. The number of nitrogens with two attached hydrogens (primary N) is 1. The number of hydrogen-bond acceptors (Lipinski definition) is 4.